The number of anilines is 2. The Morgan fingerprint density at radius 1 is 1.43 bits per heavy atom. The van der Waals surface area contributed by atoms with Crippen LogP contribution < -0.4 is 11.1 Å². The number of nitrogens with two attached hydrogens (primary N) is 1. The molecule has 1 atom stereocenters. The molecule has 1 unspecified atom stereocenters. The lowest BCUT2D eigenvalue weighted by Crippen LogP contribution is -2.11. The summed E-state index contributed by atoms with van der Waals surface area (Å²) in [5.74, 6) is 0.328. The molecule has 1 aliphatic rings. The van der Waals surface area contributed by atoms with Crippen molar-refractivity contribution in [2.24, 2.45) is 0 Å². The lowest BCUT2D eigenvalue weighted by molar-refractivity contribution is -0.384. The molecule has 3 N–H and O–H groups in total. The van der Waals surface area contributed by atoms with Crippen molar-refractivity contribution in [2.75, 3.05) is 11.1 Å². The fourth-order valence-electron chi connectivity index (χ4n) is 2.84. The van der Waals surface area contributed by atoms with E-state index in [-0.39, 0.29) is 16.7 Å². The molecule has 3 rings (SSSR count). The van der Waals surface area contributed by atoms with Gasteiger partial charge in [-0.05, 0) is 49.1 Å². The van der Waals surface area contributed by atoms with Crippen molar-refractivity contribution in [3.63, 3.8) is 0 Å². The number of pyridine rings is 1. The Bertz CT molecular complexity index is 715. The lowest BCUT2D eigenvalue weighted by Gasteiger charge is -2.15. The minimum atomic E-state index is -0.385. The molecule has 0 fully saturated rings. The van der Waals surface area contributed by atoms with Crippen LogP contribution in [0.1, 0.15) is 29.2 Å². The summed E-state index contributed by atoms with van der Waals surface area (Å²) in [4.78, 5) is 15.0. The Balaban J connectivity index is 1.93. The summed E-state index contributed by atoms with van der Waals surface area (Å²) in [5.41, 5.74) is 9.52. The van der Waals surface area contributed by atoms with Crippen molar-refractivity contribution in [2.45, 2.75) is 25.8 Å². The van der Waals surface area contributed by atoms with E-state index in [1.165, 1.54) is 5.56 Å². The summed E-state index contributed by atoms with van der Waals surface area (Å²) >= 11 is 0. The van der Waals surface area contributed by atoms with Gasteiger partial charge in [0.25, 0.3) is 0 Å². The van der Waals surface area contributed by atoms with E-state index < -0.39 is 0 Å². The first-order valence-electron chi connectivity index (χ1n) is 6.81. The number of hydrogen-bond donors (Lipinski definition) is 2. The zero-order valence-corrected chi connectivity index (χ0v) is 11.7. The van der Waals surface area contributed by atoms with Crippen LogP contribution in [0.15, 0.2) is 30.5 Å². The molecule has 0 saturated carbocycles. The van der Waals surface area contributed by atoms with Gasteiger partial charge in [0.05, 0.1) is 11.0 Å². The maximum absolute atomic E-state index is 11.2. The second-order valence-corrected chi connectivity index (χ2v) is 5.28. The van der Waals surface area contributed by atoms with E-state index >= 15 is 0 Å². The molecular weight excluding hydrogens is 268 g/mol. The first-order chi connectivity index (χ1) is 10.1. The number of rotatable bonds is 3. The molecule has 0 saturated heterocycles. The van der Waals surface area contributed by atoms with E-state index in [9.17, 15) is 10.1 Å². The standard InChI is InChI=1S/C15H16N4O2/c1-9-6-7-17-15(14(9)19(20)21)18-13-5-2-10-8-11(16)3-4-12(10)13/h3-4,6-8,13H,2,5,16H2,1H3,(H,17,18). The molecule has 2 aromatic rings. The molecule has 0 radical (unpaired) electrons. The third kappa shape index (κ3) is 2.40. The van der Waals surface area contributed by atoms with Crippen LogP contribution in [-0.2, 0) is 6.42 Å². The van der Waals surface area contributed by atoms with Crippen LogP contribution >= 0.6 is 0 Å². The molecule has 0 spiro atoms. The van der Waals surface area contributed by atoms with Crippen LogP contribution in [0, 0.1) is 17.0 Å². The van der Waals surface area contributed by atoms with E-state index in [2.05, 4.69) is 10.3 Å². The van der Waals surface area contributed by atoms with Gasteiger partial charge in [-0.1, -0.05) is 6.07 Å². The smallest absolute Gasteiger partial charge is 0.314 e. The van der Waals surface area contributed by atoms with Crippen LogP contribution in [0.25, 0.3) is 0 Å². The zero-order chi connectivity index (χ0) is 15.0. The second-order valence-electron chi connectivity index (χ2n) is 5.28. The van der Waals surface area contributed by atoms with Crippen molar-refractivity contribution >= 4 is 17.2 Å². The Hall–Kier alpha value is -2.63. The number of aromatic nitrogens is 1. The van der Waals surface area contributed by atoms with Crippen molar-refractivity contribution in [3.8, 4) is 0 Å². The number of nitrogens with one attached hydrogen (secondary N) is 1. The molecule has 0 bridgehead atoms. The van der Waals surface area contributed by atoms with E-state index in [1.807, 2.05) is 18.2 Å². The monoisotopic (exact) mass is 284 g/mol. The number of hydrogen-bond acceptors (Lipinski definition) is 5. The minimum absolute atomic E-state index is 0.0357. The van der Waals surface area contributed by atoms with Gasteiger partial charge in [0.1, 0.15) is 0 Å². The maximum atomic E-state index is 11.2. The number of nitro groups is 1. The molecule has 21 heavy (non-hydrogen) atoms. The number of fused-ring (bicyclic) bond motifs is 1. The molecule has 6 heteroatoms. The molecule has 0 aliphatic heterocycles. The molecule has 0 amide bonds. The summed E-state index contributed by atoms with van der Waals surface area (Å²) < 4.78 is 0. The fourth-order valence-corrected chi connectivity index (χ4v) is 2.84. The molecule has 1 aromatic heterocycles. The highest BCUT2D eigenvalue weighted by atomic mass is 16.6. The number of nitrogen functional groups attached to an aromatic ring is 1. The van der Waals surface area contributed by atoms with Crippen LogP contribution in [0.2, 0.25) is 0 Å². The fraction of sp³-hybridized carbons (Fsp3) is 0.267. The van der Waals surface area contributed by atoms with Gasteiger partial charge in [-0.25, -0.2) is 4.98 Å². The van der Waals surface area contributed by atoms with Gasteiger partial charge in [-0.15, -0.1) is 0 Å². The zero-order valence-electron chi connectivity index (χ0n) is 11.7. The summed E-state index contributed by atoms with van der Waals surface area (Å²) in [6.45, 7) is 1.72. The third-order valence-electron chi connectivity index (χ3n) is 3.86. The van der Waals surface area contributed by atoms with E-state index in [0.29, 0.717) is 11.4 Å². The highest BCUT2D eigenvalue weighted by Crippen LogP contribution is 2.37. The highest BCUT2D eigenvalue weighted by Gasteiger charge is 2.26. The van der Waals surface area contributed by atoms with Crippen LogP contribution in [0.3, 0.4) is 0 Å². The Labute approximate surface area is 122 Å². The average molecular weight is 284 g/mol. The quantitative estimate of drug-likeness (QED) is 0.513. The second kappa shape index (κ2) is 5.05. The Kier molecular flexibility index (Phi) is 3.21. The molecule has 6 nitrogen and oxygen atoms in total. The Morgan fingerprint density at radius 2 is 2.24 bits per heavy atom. The van der Waals surface area contributed by atoms with Gasteiger partial charge in [-0.3, -0.25) is 10.1 Å². The molecule has 1 heterocycles. The lowest BCUT2D eigenvalue weighted by atomic mass is 10.1. The van der Waals surface area contributed by atoms with Crippen molar-refractivity contribution < 1.29 is 4.92 Å². The van der Waals surface area contributed by atoms with E-state index in [0.717, 1.165) is 24.1 Å². The predicted octanol–water partition coefficient (Wildman–Crippen LogP) is 2.98. The van der Waals surface area contributed by atoms with Gasteiger partial charge < -0.3 is 11.1 Å². The highest BCUT2D eigenvalue weighted by molar-refractivity contribution is 5.61. The van der Waals surface area contributed by atoms with Gasteiger partial charge in [0.2, 0.25) is 5.82 Å². The molecule has 1 aromatic carbocycles. The normalized spacial score (nSPS) is 16.5. The van der Waals surface area contributed by atoms with Crippen molar-refractivity contribution in [1.29, 1.82) is 0 Å². The summed E-state index contributed by atoms with van der Waals surface area (Å²) in [7, 11) is 0. The summed E-state index contributed by atoms with van der Waals surface area (Å²) in [6, 6.07) is 7.49. The largest absolute Gasteiger partial charge is 0.399 e. The number of benzene rings is 1. The van der Waals surface area contributed by atoms with E-state index in [1.54, 1.807) is 19.2 Å². The van der Waals surface area contributed by atoms with Gasteiger partial charge in [0, 0.05) is 17.4 Å². The molecule has 108 valence electrons. The maximum Gasteiger partial charge on any atom is 0.314 e. The summed E-state index contributed by atoms with van der Waals surface area (Å²) in [5, 5.41) is 14.4. The van der Waals surface area contributed by atoms with E-state index in [4.69, 9.17) is 5.73 Å². The third-order valence-corrected chi connectivity index (χ3v) is 3.86. The van der Waals surface area contributed by atoms with Crippen molar-refractivity contribution in [1.82, 2.24) is 4.98 Å². The summed E-state index contributed by atoms with van der Waals surface area (Å²) in [6.07, 6.45) is 3.38. The Morgan fingerprint density at radius 3 is 3.00 bits per heavy atom. The average Bonchev–Trinajstić information content (AvgIpc) is 2.80. The predicted molar refractivity (Wildman–Crippen MR) is 81.2 cm³/mol. The first-order valence-corrected chi connectivity index (χ1v) is 6.81. The number of nitrogens with zero attached hydrogens (tertiary/aromatic N) is 2. The van der Waals surface area contributed by atoms with Crippen LogP contribution in [-0.4, -0.2) is 9.91 Å². The topological polar surface area (TPSA) is 94.1 Å². The minimum Gasteiger partial charge on any atom is -0.399 e. The van der Waals surface area contributed by atoms with Crippen molar-refractivity contribution in [3.05, 3.63) is 57.3 Å². The molecule has 1 aliphatic carbocycles. The SMILES string of the molecule is Cc1ccnc(NC2CCc3cc(N)ccc32)c1[N+](=O)[O-]. The van der Waals surface area contributed by atoms with Crippen LogP contribution in [0.5, 0.6) is 0 Å². The van der Waals surface area contributed by atoms with Gasteiger partial charge in [0.15, 0.2) is 0 Å². The molecular formula is C15H16N4O2. The number of aryl methyl sites for hydroxylation is 2. The van der Waals surface area contributed by atoms with Crippen LogP contribution in [0.4, 0.5) is 17.2 Å². The first kappa shape index (κ1) is 13.4. The van der Waals surface area contributed by atoms with Gasteiger partial charge >= 0.3 is 5.69 Å². The van der Waals surface area contributed by atoms with Gasteiger partial charge in [-0.2, -0.15) is 0 Å².